The molecule has 0 aliphatic heterocycles. The second kappa shape index (κ2) is 5.62. The first kappa shape index (κ1) is 12.7. The van der Waals surface area contributed by atoms with Crippen LogP contribution in [0, 0.1) is 0 Å². The number of rotatable bonds is 5. The van der Waals surface area contributed by atoms with Gasteiger partial charge in [0, 0.05) is 13.1 Å². The van der Waals surface area contributed by atoms with E-state index >= 15 is 0 Å². The van der Waals surface area contributed by atoms with Crippen molar-refractivity contribution in [2.24, 2.45) is 5.84 Å². The Morgan fingerprint density at radius 1 is 1.44 bits per heavy atom. The molecule has 0 aromatic carbocycles. The highest BCUT2D eigenvalue weighted by Gasteiger charge is 2.15. The summed E-state index contributed by atoms with van der Waals surface area (Å²) in [7, 11) is 0. The highest BCUT2D eigenvalue weighted by molar-refractivity contribution is 7.18. The van der Waals surface area contributed by atoms with E-state index in [9.17, 15) is 9.59 Å². The quantitative estimate of drug-likeness (QED) is 0.363. The van der Waals surface area contributed by atoms with Crippen molar-refractivity contribution in [3.05, 3.63) is 17.0 Å². The molecule has 5 nitrogen and oxygen atoms in total. The Balaban J connectivity index is 2.85. The van der Waals surface area contributed by atoms with Gasteiger partial charge in [-0.1, -0.05) is 0 Å². The number of hydrogen-bond donors (Lipinski definition) is 1. The van der Waals surface area contributed by atoms with Gasteiger partial charge in [0.15, 0.2) is 0 Å². The van der Waals surface area contributed by atoms with E-state index in [1.807, 2.05) is 13.8 Å². The van der Waals surface area contributed by atoms with E-state index in [-0.39, 0.29) is 5.91 Å². The lowest BCUT2D eigenvalue weighted by molar-refractivity contribution is -0.107. The first-order valence-electron chi connectivity index (χ1n) is 5.02. The number of nitrogens with zero attached hydrogens (tertiary/aromatic N) is 2. The smallest absolute Gasteiger partial charge is 0.263 e. The Morgan fingerprint density at radius 2 is 2.06 bits per heavy atom. The van der Waals surface area contributed by atoms with Gasteiger partial charge in [-0.25, -0.2) is 10.9 Å². The predicted octanol–water partition coefficient (Wildman–Crippen LogP) is 1.07. The number of amides is 2. The van der Waals surface area contributed by atoms with Crippen LogP contribution in [0.25, 0.3) is 0 Å². The molecule has 1 aromatic rings. The molecule has 0 saturated heterocycles. The van der Waals surface area contributed by atoms with E-state index in [4.69, 9.17) is 5.84 Å². The standard InChI is InChI=1S/C10H15N3O2S/c1-3-12(4-2)10(15)8-5-6-9(16-8)13(11)7-14/h5-7H,3-4,11H2,1-2H3. The van der Waals surface area contributed by atoms with Crippen molar-refractivity contribution in [3.8, 4) is 0 Å². The first-order valence-corrected chi connectivity index (χ1v) is 5.84. The van der Waals surface area contributed by atoms with Gasteiger partial charge in [-0.2, -0.15) is 0 Å². The summed E-state index contributed by atoms with van der Waals surface area (Å²) in [6, 6.07) is 3.35. The van der Waals surface area contributed by atoms with Gasteiger partial charge in [-0.3, -0.25) is 9.59 Å². The van der Waals surface area contributed by atoms with Crippen LogP contribution in [0.3, 0.4) is 0 Å². The second-order valence-corrected chi connectivity index (χ2v) is 4.19. The summed E-state index contributed by atoms with van der Waals surface area (Å²) in [4.78, 5) is 24.7. The normalized spacial score (nSPS) is 9.94. The average Bonchev–Trinajstić information content (AvgIpc) is 2.78. The molecule has 0 radical (unpaired) electrons. The third-order valence-electron chi connectivity index (χ3n) is 2.22. The minimum absolute atomic E-state index is 0.0273. The number of carbonyl (C=O) groups excluding carboxylic acids is 2. The van der Waals surface area contributed by atoms with Crippen molar-refractivity contribution in [1.82, 2.24) is 4.90 Å². The van der Waals surface area contributed by atoms with Gasteiger partial charge in [0.1, 0.15) is 5.00 Å². The summed E-state index contributed by atoms with van der Waals surface area (Å²) < 4.78 is 0. The van der Waals surface area contributed by atoms with Gasteiger partial charge in [0.05, 0.1) is 4.88 Å². The monoisotopic (exact) mass is 241 g/mol. The van der Waals surface area contributed by atoms with Crippen LogP contribution in [0.5, 0.6) is 0 Å². The SMILES string of the molecule is CCN(CC)C(=O)c1ccc(N(N)C=O)s1. The first-order chi connectivity index (χ1) is 7.63. The summed E-state index contributed by atoms with van der Waals surface area (Å²) in [5.41, 5.74) is 0. The predicted molar refractivity (Wildman–Crippen MR) is 64.3 cm³/mol. The maximum absolute atomic E-state index is 11.9. The van der Waals surface area contributed by atoms with E-state index in [2.05, 4.69) is 0 Å². The van der Waals surface area contributed by atoms with Gasteiger partial charge in [0.25, 0.3) is 5.91 Å². The molecule has 0 aliphatic carbocycles. The molecule has 6 heteroatoms. The van der Waals surface area contributed by atoms with Gasteiger partial charge in [0.2, 0.25) is 6.41 Å². The number of hydrogen-bond acceptors (Lipinski definition) is 4. The molecule has 1 rings (SSSR count). The van der Waals surface area contributed by atoms with Crippen LogP contribution in [0.1, 0.15) is 23.5 Å². The number of thiophene rings is 1. The van der Waals surface area contributed by atoms with Gasteiger partial charge in [-0.05, 0) is 26.0 Å². The van der Waals surface area contributed by atoms with Gasteiger partial charge < -0.3 is 4.90 Å². The molecule has 0 spiro atoms. The minimum atomic E-state index is -0.0273. The number of hydrazine groups is 1. The van der Waals surface area contributed by atoms with Crippen molar-refractivity contribution in [3.63, 3.8) is 0 Å². The summed E-state index contributed by atoms with van der Waals surface area (Å²) >= 11 is 1.21. The Morgan fingerprint density at radius 3 is 2.56 bits per heavy atom. The molecule has 2 amide bonds. The van der Waals surface area contributed by atoms with Crippen molar-refractivity contribution in [2.75, 3.05) is 18.1 Å². The fourth-order valence-corrected chi connectivity index (χ4v) is 2.16. The van der Waals surface area contributed by atoms with Crippen molar-refractivity contribution in [2.45, 2.75) is 13.8 Å². The van der Waals surface area contributed by atoms with E-state index in [1.165, 1.54) is 11.3 Å². The largest absolute Gasteiger partial charge is 0.339 e. The number of anilines is 1. The van der Waals surface area contributed by atoms with Crippen molar-refractivity contribution in [1.29, 1.82) is 0 Å². The molecule has 0 aliphatic rings. The highest BCUT2D eigenvalue weighted by Crippen LogP contribution is 2.24. The Hall–Kier alpha value is -1.40. The Bertz CT molecular complexity index is 374. The van der Waals surface area contributed by atoms with Crippen LogP contribution in [0.4, 0.5) is 5.00 Å². The fraction of sp³-hybridized carbons (Fsp3) is 0.400. The lowest BCUT2D eigenvalue weighted by Crippen LogP contribution is -2.30. The third-order valence-corrected chi connectivity index (χ3v) is 3.31. The average molecular weight is 241 g/mol. The molecular formula is C10H15N3O2S. The highest BCUT2D eigenvalue weighted by atomic mass is 32.1. The molecule has 0 atom stereocenters. The van der Waals surface area contributed by atoms with Crippen LogP contribution < -0.4 is 10.9 Å². The van der Waals surface area contributed by atoms with E-state index in [1.54, 1.807) is 17.0 Å². The van der Waals surface area contributed by atoms with Crippen molar-refractivity contribution >= 4 is 28.7 Å². The zero-order valence-corrected chi connectivity index (χ0v) is 10.2. The minimum Gasteiger partial charge on any atom is -0.339 e. The molecule has 0 bridgehead atoms. The molecule has 0 unspecified atom stereocenters. The molecule has 0 fully saturated rings. The molecule has 1 heterocycles. The van der Waals surface area contributed by atoms with Crippen molar-refractivity contribution < 1.29 is 9.59 Å². The van der Waals surface area contributed by atoms with Gasteiger partial charge >= 0.3 is 0 Å². The summed E-state index contributed by atoms with van der Waals surface area (Å²) in [6.07, 6.45) is 0.511. The lowest BCUT2D eigenvalue weighted by Gasteiger charge is -2.17. The van der Waals surface area contributed by atoms with Crippen LogP contribution in [0.2, 0.25) is 0 Å². The lowest BCUT2D eigenvalue weighted by atomic mass is 10.4. The second-order valence-electron chi connectivity index (χ2n) is 3.13. The summed E-state index contributed by atoms with van der Waals surface area (Å²) in [6.45, 7) is 5.19. The fourth-order valence-electron chi connectivity index (χ4n) is 1.30. The molecule has 88 valence electrons. The zero-order chi connectivity index (χ0) is 12.1. The van der Waals surface area contributed by atoms with Crippen LogP contribution >= 0.6 is 11.3 Å². The molecule has 0 saturated carbocycles. The number of nitrogens with two attached hydrogens (primary N) is 1. The third kappa shape index (κ3) is 2.59. The molecule has 16 heavy (non-hydrogen) atoms. The molecule has 1 aromatic heterocycles. The molecule has 2 N–H and O–H groups in total. The Labute approximate surface area is 98.4 Å². The van der Waals surface area contributed by atoms with Crippen LogP contribution in [-0.4, -0.2) is 30.3 Å². The van der Waals surface area contributed by atoms with Crippen LogP contribution in [0.15, 0.2) is 12.1 Å². The summed E-state index contributed by atoms with van der Waals surface area (Å²) in [5.74, 6) is 5.37. The maximum atomic E-state index is 11.9. The maximum Gasteiger partial charge on any atom is 0.263 e. The van der Waals surface area contributed by atoms with E-state index < -0.39 is 0 Å². The topological polar surface area (TPSA) is 66.6 Å². The van der Waals surface area contributed by atoms with Gasteiger partial charge in [-0.15, -0.1) is 11.3 Å². The van der Waals surface area contributed by atoms with E-state index in [0.29, 0.717) is 29.4 Å². The Kier molecular flexibility index (Phi) is 4.45. The van der Waals surface area contributed by atoms with E-state index in [0.717, 1.165) is 5.01 Å². The molecular weight excluding hydrogens is 226 g/mol. The zero-order valence-electron chi connectivity index (χ0n) is 9.34. The number of carbonyl (C=O) groups is 2. The summed E-state index contributed by atoms with van der Waals surface area (Å²) in [5, 5.41) is 1.52. The van der Waals surface area contributed by atoms with Crippen LogP contribution in [-0.2, 0) is 4.79 Å².